The van der Waals surface area contributed by atoms with Gasteiger partial charge in [0.05, 0.1) is 12.0 Å². The van der Waals surface area contributed by atoms with Gasteiger partial charge >= 0.3 is 23.9 Å². The SMILES string of the molecule is NNc1ccc(C(=O)NC(Cc2ccccc2)C(=O)NC(Cc2ccccc2)C(=O)NCCCCCC(=O)NCCCCC(NC(=O)NC(CC(=O)O)C(=O)O)C(=O)O)cn1. The van der Waals surface area contributed by atoms with Crippen LogP contribution in [0.4, 0.5) is 10.6 Å². The summed E-state index contributed by atoms with van der Waals surface area (Å²) in [6, 6.07) is 15.1. The molecule has 12 N–H and O–H groups in total. The minimum atomic E-state index is -1.74. The Kier molecular flexibility index (Phi) is 20.7. The quantitative estimate of drug-likeness (QED) is 0.0291. The molecule has 0 aliphatic rings. The maximum Gasteiger partial charge on any atom is 0.326 e. The first kappa shape index (κ1) is 48.3. The van der Waals surface area contributed by atoms with Gasteiger partial charge in [-0.05, 0) is 55.4 Å². The second kappa shape index (κ2) is 26.1. The zero-order valence-corrected chi connectivity index (χ0v) is 33.4. The van der Waals surface area contributed by atoms with E-state index in [1.165, 1.54) is 18.3 Å². The van der Waals surface area contributed by atoms with Gasteiger partial charge in [-0.1, -0.05) is 67.1 Å². The maximum absolute atomic E-state index is 13.8. The minimum Gasteiger partial charge on any atom is -0.481 e. The Hall–Kier alpha value is -7.09. The van der Waals surface area contributed by atoms with Crippen LogP contribution in [0.15, 0.2) is 79.0 Å². The molecule has 0 bridgehead atoms. The molecule has 2 aromatic carbocycles. The highest BCUT2D eigenvalue weighted by Gasteiger charge is 2.29. The van der Waals surface area contributed by atoms with E-state index >= 15 is 0 Å². The van der Waals surface area contributed by atoms with Crippen LogP contribution in [0.3, 0.4) is 0 Å². The lowest BCUT2D eigenvalue weighted by Crippen LogP contribution is -2.55. The fourth-order valence-electron chi connectivity index (χ4n) is 5.95. The molecular formula is C41H53N9O11. The Morgan fingerprint density at radius 2 is 1.16 bits per heavy atom. The smallest absolute Gasteiger partial charge is 0.326 e. The molecular weight excluding hydrogens is 795 g/mol. The molecule has 20 nitrogen and oxygen atoms in total. The molecule has 0 fully saturated rings. The van der Waals surface area contributed by atoms with Gasteiger partial charge in [0.2, 0.25) is 17.7 Å². The average molecular weight is 848 g/mol. The molecule has 0 saturated heterocycles. The number of anilines is 1. The van der Waals surface area contributed by atoms with E-state index in [-0.39, 0.29) is 50.2 Å². The Bertz CT molecular complexity index is 1920. The summed E-state index contributed by atoms with van der Waals surface area (Å²) in [7, 11) is 0. The number of carboxylic acid groups (broad SMARTS) is 3. The number of carbonyl (C=O) groups is 8. The van der Waals surface area contributed by atoms with Crippen LogP contribution in [0, 0.1) is 0 Å². The molecule has 0 saturated carbocycles. The van der Waals surface area contributed by atoms with Gasteiger partial charge in [0.15, 0.2) is 0 Å². The van der Waals surface area contributed by atoms with Crippen molar-refractivity contribution in [3.05, 3.63) is 95.7 Å². The molecule has 3 aromatic rings. The Morgan fingerprint density at radius 3 is 1.72 bits per heavy atom. The van der Waals surface area contributed by atoms with Gasteiger partial charge < -0.3 is 52.6 Å². The monoisotopic (exact) mass is 847 g/mol. The van der Waals surface area contributed by atoms with Crippen molar-refractivity contribution in [2.45, 2.75) is 88.4 Å². The number of hydrogen-bond acceptors (Lipinski definition) is 11. The lowest BCUT2D eigenvalue weighted by atomic mass is 10.0. The van der Waals surface area contributed by atoms with E-state index in [0.29, 0.717) is 37.9 Å². The number of nitrogens with zero attached hydrogens (tertiary/aromatic N) is 1. The van der Waals surface area contributed by atoms with Crippen molar-refractivity contribution >= 4 is 53.4 Å². The lowest BCUT2D eigenvalue weighted by Gasteiger charge is -2.23. The van der Waals surface area contributed by atoms with Crippen molar-refractivity contribution in [1.82, 2.24) is 36.9 Å². The van der Waals surface area contributed by atoms with Gasteiger partial charge in [0.1, 0.15) is 30.0 Å². The van der Waals surface area contributed by atoms with Crippen molar-refractivity contribution in [1.29, 1.82) is 0 Å². The van der Waals surface area contributed by atoms with E-state index < -0.39 is 72.2 Å². The van der Waals surface area contributed by atoms with E-state index in [2.05, 4.69) is 37.0 Å². The normalized spacial score (nSPS) is 12.6. The van der Waals surface area contributed by atoms with E-state index in [1.807, 2.05) is 66.0 Å². The topological polar surface area (TPSA) is 320 Å². The van der Waals surface area contributed by atoms with Crippen molar-refractivity contribution in [3.63, 3.8) is 0 Å². The second-order valence-electron chi connectivity index (χ2n) is 14.0. The van der Waals surface area contributed by atoms with E-state index in [0.717, 1.165) is 11.1 Å². The van der Waals surface area contributed by atoms with Crippen LogP contribution in [0.2, 0.25) is 0 Å². The number of pyridine rings is 1. The van der Waals surface area contributed by atoms with Crippen LogP contribution in [-0.4, -0.2) is 105 Å². The number of urea groups is 1. The number of rotatable bonds is 27. The Balaban J connectivity index is 1.45. The molecule has 0 radical (unpaired) electrons. The number of carbonyl (C=O) groups excluding carboxylic acids is 5. The van der Waals surface area contributed by atoms with Crippen molar-refractivity contribution in [2.75, 3.05) is 18.5 Å². The summed E-state index contributed by atoms with van der Waals surface area (Å²) in [5.74, 6) is -0.418. The number of hydrogen-bond donors (Lipinski definition) is 11. The molecule has 0 aliphatic carbocycles. The zero-order chi connectivity index (χ0) is 44.6. The van der Waals surface area contributed by atoms with Crippen molar-refractivity contribution < 1.29 is 53.7 Å². The van der Waals surface area contributed by atoms with Crippen LogP contribution in [0.1, 0.15) is 72.9 Å². The molecule has 61 heavy (non-hydrogen) atoms. The number of amides is 6. The van der Waals surface area contributed by atoms with Gasteiger partial charge in [-0.15, -0.1) is 0 Å². The third kappa shape index (κ3) is 18.6. The summed E-state index contributed by atoms with van der Waals surface area (Å²) in [4.78, 5) is 103. The number of nitrogens with two attached hydrogens (primary N) is 1. The minimum absolute atomic E-state index is 0.0250. The molecule has 6 amide bonds. The van der Waals surface area contributed by atoms with Crippen LogP contribution in [-0.2, 0) is 41.6 Å². The number of unbranched alkanes of at least 4 members (excludes halogenated alkanes) is 3. The molecule has 4 unspecified atom stereocenters. The van der Waals surface area contributed by atoms with Crippen LogP contribution in [0.5, 0.6) is 0 Å². The van der Waals surface area contributed by atoms with E-state index in [1.54, 1.807) is 0 Å². The van der Waals surface area contributed by atoms with Crippen LogP contribution >= 0.6 is 0 Å². The fourth-order valence-corrected chi connectivity index (χ4v) is 5.95. The number of nitrogen functional groups attached to an aromatic ring is 1. The third-order valence-corrected chi connectivity index (χ3v) is 9.20. The predicted octanol–water partition coefficient (Wildman–Crippen LogP) is 1.08. The van der Waals surface area contributed by atoms with Gasteiger partial charge in [-0.25, -0.2) is 25.2 Å². The number of benzene rings is 2. The molecule has 4 atom stereocenters. The number of nitrogens with one attached hydrogen (secondary N) is 7. The largest absolute Gasteiger partial charge is 0.481 e. The van der Waals surface area contributed by atoms with E-state index in [4.69, 9.17) is 16.1 Å². The lowest BCUT2D eigenvalue weighted by molar-refractivity contribution is -0.145. The van der Waals surface area contributed by atoms with Crippen LogP contribution < -0.4 is 43.2 Å². The first-order chi connectivity index (χ1) is 29.2. The van der Waals surface area contributed by atoms with Gasteiger partial charge in [0.25, 0.3) is 5.91 Å². The second-order valence-corrected chi connectivity index (χ2v) is 14.0. The summed E-state index contributed by atoms with van der Waals surface area (Å²) in [5.41, 5.74) is 4.20. The summed E-state index contributed by atoms with van der Waals surface area (Å²) < 4.78 is 0. The highest BCUT2D eigenvalue weighted by atomic mass is 16.4. The average Bonchev–Trinajstić information content (AvgIpc) is 3.23. The van der Waals surface area contributed by atoms with Crippen LogP contribution in [0.25, 0.3) is 0 Å². The number of aromatic nitrogens is 1. The van der Waals surface area contributed by atoms with Gasteiger partial charge in [0, 0.05) is 38.5 Å². The summed E-state index contributed by atoms with van der Waals surface area (Å²) in [6.07, 6.45) is 3.32. The third-order valence-electron chi connectivity index (χ3n) is 9.20. The number of hydrazine groups is 1. The molecule has 0 spiro atoms. The highest BCUT2D eigenvalue weighted by Crippen LogP contribution is 2.10. The fraction of sp³-hybridized carbons (Fsp3) is 0.390. The molecule has 0 aliphatic heterocycles. The Morgan fingerprint density at radius 1 is 0.590 bits per heavy atom. The first-order valence-electron chi connectivity index (χ1n) is 19.7. The highest BCUT2D eigenvalue weighted by molar-refractivity contribution is 5.98. The summed E-state index contributed by atoms with van der Waals surface area (Å²) in [6.45, 7) is 0.522. The molecule has 1 heterocycles. The first-order valence-corrected chi connectivity index (χ1v) is 19.7. The standard InChI is InChI=1S/C41H53N9O11/c42-50-33-19-18-28(25-45-33)36(54)46-31(23-27-14-6-2-7-15-27)38(56)47-30(22-26-12-4-1-5-13-26)37(55)44-21-10-3-8-17-34(51)43-20-11-9-16-29(39(57)58)48-41(61)49-32(40(59)60)24-35(52)53/h1-2,4-7,12-15,18-19,25,29-32H,3,8-11,16-17,20-24,42H2,(H,43,51)(H,44,55)(H,45,50)(H,46,54)(H,47,56)(H,52,53)(H,57,58)(H,59,60)(H2,48,49,61). The zero-order valence-electron chi connectivity index (χ0n) is 33.4. The van der Waals surface area contributed by atoms with E-state index in [9.17, 15) is 43.5 Å². The number of aliphatic carboxylic acids is 3. The summed E-state index contributed by atoms with van der Waals surface area (Å²) in [5, 5.41) is 42.6. The van der Waals surface area contributed by atoms with Crippen molar-refractivity contribution in [2.24, 2.45) is 5.84 Å². The Labute approximate surface area is 351 Å². The molecule has 1 aromatic heterocycles. The molecule has 328 valence electrons. The maximum atomic E-state index is 13.8. The molecule has 3 rings (SSSR count). The summed E-state index contributed by atoms with van der Waals surface area (Å²) >= 11 is 0. The predicted molar refractivity (Wildman–Crippen MR) is 221 cm³/mol. The van der Waals surface area contributed by atoms with Gasteiger partial charge in [-0.2, -0.15) is 0 Å². The van der Waals surface area contributed by atoms with Crippen molar-refractivity contribution in [3.8, 4) is 0 Å². The number of carboxylic acids is 3. The molecule has 20 heteroatoms. The van der Waals surface area contributed by atoms with Gasteiger partial charge in [-0.3, -0.25) is 24.0 Å².